The van der Waals surface area contributed by atoms with Crippen LogP contribution in [-0.2, 0) is 32.3 Å². The first-order valence-corrected chi connectivity index (χ1v) is 11.9. The van der Waals surface area contributed by atoms with Gasteiger partial charge in [-0.3, -0.25) is 38.1 Å². The van der Waals surface area contributed by atoms with E-state index in [4.69, 9.17) is 17.2 Å². The Morgan fingerprint density at radius 2 is 1.75 bits per heavy atom. The van der Waals surface area contributed by atoms with Crippen LogP contribution in [0, 0.1) is 6.92 Å². The summed E-state index contributed by atoms with van der Waals surface area (Å²) >= 11 is 0. The van der Waals surface area contributed by atoms with Gasteiger partial charge in [0, 0.05) is 37.6 Å². The van der Waals surface area contributed by atoms with Crippen LogP contribution in [0.2, 0.25) is 0 Å². The van der Waals surface area contributed by atoms with Gasteiger partial charge in [-0.15, -0.1) is 0 Å². The van der Waals surface area contributed by atoms with Crippen LogP contribution in [0.15, 0.2) is 32.8 Å². The number of nitrogens with zero attached hydrogens (tertiary/aromatic N) is 5. The molecule has 1 atom stereocenters. The summed E-state index contributed by atoms with van der Waals surface area (Å²) in [7, 11) is 0. The predicted molar refractivity (Wildman–Crippen MR) is 139 cm³/mol. The zero-order valence-corrected chi connectivity index (χ0v) is 21.7. The van der Waals surface area contributed by atoms with E-state index in [1.54, 1.807) is 0 Å². The van der Waals surface area contributed by atoms with E-state index in [9.17, 15) is 38.7 Å². The Morgan fingerprint density at radius 3 is 2.35 bits per heavy atom. The summed E-state index contributed by atoms with van der Waals surface area (Å²) in [6.45, 7) is -1.73. The molecule has 0 bridgehead atoms. The minimum atomic E-state index is -1.09. The molecule has 18 heteroatoms. The largest absolute Gasteiger partial charge is 0.394 e. The first-order chi connectivity index (χ1) is 18.8. The number of carbonyl (C=O) groups excluding carboxylic acids is 4. The number of H-pyrrole nitrogens is 1. The summed E-state index contributed by atoms with van der Waals surface area (Å²) in [6.07, 6.45) is 2.45. The standard InChI is InChI=1S/C22H32N10O8/c1-13-6-32(22(40)28-20(13)38)11-19(37)31(8-16(25)34)7-14(12-33)26-17(35)9-29(5-3-23)18(36)10-30-4-2-15(24)27-21(30)39/h2,4,6,14,33H,3,5,7-12,23H2,1H3,(H2,25,34)(H,26,35)(H2,24,27,39)(H,28,38,40)/t14-/m1/s1. The van der Waals surface area contributed by atoms with Crippen LogP contribution >= 0.6 is 0 Å². The Morgan fingerprint density at radius 1 is 1.10 bits per heavy atom. The highest BCUT2D eigenvalue weighted by Gasteiger charge is 2.24. The van der Waals surface area contributed by atoms with Gasteiger partial charge in [0.25, 0.3) is 5.56 Å². The summed E-state index contributed by atoms with van der Waals surface area (Å²) in [4.78, 5) is 93.0. The third-order valence-electron chi connectivity index (χ3n) is 5.51. The van der Waals surface area contributed by atoms with Crippen molar-refractivity contribution < 1.29 is 24.3 Å². The van der Waals surface area contributed by atoms with Gasteiger partial charge in [-0.25, -0.2) is 9.59 Å². The third kappa shape index (κ3) is 9.17. The molecule has 2 aromatic heterocycles. The van der Waals surface area contributed by atoms with E-state index >= 15 is 0 Å². The highest BCUT2D eigenvalue weighted by Crippen LogP contribution is 2.00. The van der Waals surface area contributed by atoms with Crippen molar-refractivity contribution >= 4 is 29.4 Å². The van der Waals surface area contributed by atoms with Crippen LogP contribution < -0.4 is 39.5 Å². The Labute approximate surface area is 226 Å². The monoisotopic (exact) mass is 564 g/mol. The lowest BCUT2D eigenvalue weighted by Gasteiger charge is -2.28. The van der Waals surface area contributed by atoms with E-state index < -0.39 is 79.4 Å². The molecule has 18 nitrogen and oxygen atoms in total. The van der Waals surface area contributed by atoms with Crippen molar-refractivity contribution in [2.45, 2.75) is 26.1 Å². The number of primary amides is 1. The number of nitrogens with two attached hydrogens (primary N) is 3. The molecular formula is C22H32N10O8. The Bertz CT molecular complexity index is 1420. The van der Waals surface area contributed by atoms with Crippen molar-refractivity contribution in [2.24, 2.45) is 11.5 Å². The average molecular weight is 565 g/mol. The summed E-state index contributed by atoms with van der Waals surface area (Å²) < 4.78 is 1.93. The van der Waals surface area contributed by atoms with Gasteiger partial charge in [-0.05, 0) is 13.0 Å². The SMILES string of the molecule is Cc1cn(CC(=O)N(CC(N)=O)C[C@H](CO)NC(=O)CN(CCN)C(=O)Cn2ccc(N)nc2=O)c(=O)[nH]c1=O. The molecule has 0 radical (unpaired) electrons. The number of hydrogen-bond acceptors (Lipinski definition) is 11. The fraction of sp³-hybridized carbons (Fsp3) is 0.455. The molecular weight excluding hydrogens is 532 g/mol. The molecule has 9 N–H and O–H groups in total. The van der Waals surface area contributed by atoms with Gasteiger partial charge < -0.3 is 37.4 Å². The van der Waals surface area contributed by atoms with Gasteiger partial charge in [0.05, 0.1) is 25.7 Å². The normalized spacial score (nSPS) is 11.5. The number of nitrogen functional groups attached to an aromatic ring is 1. The van der Waals surface area contributed by atoms with Crippen molar-refractivity contribution in [3.8, 4) is 0 Å². The number of aromatic amines is 1. The van der Waals surface area contributed by atoms with Crippen LogP contribution in [0.1, 0.15) is 5.56 Å². The molecule has 218 valence electrons. The second-order valence-electron chi connectivity index (χ2n) is 8.75. The Kier molecular flexibility index (Phi) is 11.3. The van der Waals surface area contributed by atoms with Crippen molar-refractivity contribution in [3.05, 3.63) is 55.3 Å². The van der Waals surface area contributed by atoms with Crippen LogP contribution in [0.3, 0.4) is 0 Å². The van der Waals surface area contributed by atoms with Gasteiger partial charge in [0.2, 0.25) is 23.6 Å². The molecule has 4 amide bonds. The van der Waals surface area contributed by atoms with Gasteiger partial charge in [0.1, 0.15) is 18.9 Å². The molecule has 0 saturated carbocycles. The van der Waals surface area contributed by atoms with E-state index in [1.165, 1.54) is 25.4 Å². The van der Waals surface area contributed by atoms with Crippen molar-refractivity contribution in [2.75, 3.05) is 45.1 Å². The number of amides is 4. The number of anilines is 1. The molecule has 40 heavy (non-hydrogen) atoms. The van der Waals surface area contributed by atoms with Crippen molar-refractivity contribution in [3.63, 3.8) is 0 Å². The van der Waals surface area contributed by atoms with Crippen LogP contribution in [0.25, 0.3) is 0 Å². The molecule has 0 aliphatic carbocycles. The zero-order valence-electron chi connectivity index (χ0n) is 21.7. The van der Waals surface area contributed by atoms with Gasteiger partial charge in [0.15, 0.2) is 0 Å². The molecule has 0 spiro atoms. The number of aliphatic hydroxyl groups excluding tert-OH is 1. The van der Waals surface area contributed by atoms with Crippen molar-refractivity contribution in [1.29, 1.82) is 0 Å². The minimum absolute atomic E-state index is 0.00181. The Balaban J connectivity index is 2.10. The second-order valence-corrected chi connectivity index (χ2v) is 8.75. The lowest BCUT2D eigenvalue weighted by molar-refractivity contribution is -0.138. The maximum absolute atomic E-state index is 12.9. The van der Waals surface area contributed by atoms with E-state index in [2.05, 4.69) is 15.3 Å². The molecule has 0 fully saturated rings. The number of aliphatic hydroxyl groups is 1. The molecule has 0 unspecified atom stereocenters. The molecule has 0 aliphatic heterocycles. The summed E-state index contributed by atoms with van der Waals surface area (Å²) in [6, 6.07) is 0.234. The lowest BCUT2D eigenvalue weighted by Crippen LogP contribution is -2.53. The summed E-state index contributed by atoms with van der Waals surface area (Å²) in [5.41, 5.74) is 14.2. The first kappa shape index (κ1) is 31.4. The molecule has 0 aliphatic rings. The maximum atomic E-state index is 12.9. The lowest BCUT2D eigenvalue weighted by atomic mass is 10.2. The molecule has 2 heterocycles. The smallest absolute Gasteiger partial charge is 0.349 e. The summed E-state index contributed by atoms with van der Waals surface area (Å²) in [5.74, 6) is -3.03. The van der Waals surface area contributed by atoms with Crippen LogP contribution in [0.5, 0.6) is 0 Å². The minimum Gasteiger partial charge on any atom is -0.394 e. The zero-order chi connectivity index (χ0) is 30.0. The van der Waals surface area contributed by atoms with E-state index in [1.807, 2.05) is 0 Å². The van der Waals surface area contributed by atoms with E-state index in [0.29, 0.717) is 0 Å². The molecule has 2 aromatic rings. The quantitative estimate of drug-likeness (QED) is 0.126. The van der Waals surface area contributed by atoms with Gasteiger partial charge >= 0.3 is 11.4 Å². The number of carbonyl (C=O) groups is 4. The molecule has 0 saturated heterocycles. The van der Waals surface area contributed by atoms with Crippen LogP contribution in [0.4, 0.5) is 5.82 Å². The number of rotatable bonds is 14. The topological polar surface area (TPSA) is 275 Å². The Hall–Kier alpha value is -4.84. The highest BCUT2D eigenvalue weighted by molar-refractivity contribution is 5.85. The maximum Gasteiger partial charge on any atom is 0.349 e. The summed E-state index contributed by atoms with van der Waals surface area (Å²) in [5, 5.41) is 12.3. The van der Waals surface area contributed by atoms with Crippen molar-refractivity contribution in [1.82, 2.24) is 34.2 Å². The number of aromatic nitrogens is 4. The number of hydrogen-bond donors (Lipinski definition) is 6. The average Bonchev–Trinajstić information content (AvgIpc) is 2.87. The fourth-order valence-corrected chi connectivity index (χ4v) is 3.54. The van der Waals surface area contributed by atoms with Gasteiger partial charge in [-0.2, -0.15) is 4.98 Å². The van der Waals surface area contributed by atoms with E-state index in [0.717, 1.165) is 18.9 Å². The predicted octanol–water partition coefficient (Wildman–Crippen LogP) is -5.74. The molecule has 0 aromatic carbocycles. The second kappa shape index (κ2) is 14.4. The first-order valence-electron chi connectivity index (χ1n) is 11.9. The van der Waals surface area contributed by atoms with Crippen LogP contribution in [-0.4, -0.2) is 103 Å². The van der Waals surface area contributed by atoms with E-state index in [-0.39, 0.29) is 31.0 Å². The van der Waals surface area contributed by atoms with Gasteiger partial charge in [-0.1, -0.05) is 0 Å². The number of nitrogens with one attached hydrogen (secondary N) is 2. The highest BCUT2D eigenvalue weighted by atomic mass is 16.3. The molecule has 2 rings (SSSR count). The third-order valence-corrected chi connectivity index (χ3v) is 5.51. The fourth-order valence-electron chi connectivity index (χ4n) is 3.54. The number of aryl methyl sites for hydroxylation is 1.